The van der Waals surface area contributed by atoms with Gasteiger partial charge in [0.05, 0.1) is 18.4 Å². The first-order valence-corrected chi connectivity index (χ1v) is 13.2. The summed E-state index contributed by atoms with van der Waals surface area (Å²) in [5.41, 5.74) is 4.72. The number of nitrogens with zero attached hydrogens (tertiary/aromatic N) is 2. The molecule has 0 unspecified atom stereocenters. The highest BCUT2D eigenvalue weighted by Crippen LogP contribution is 2.35. The number of ether oxygens (including phenoxy) is 1. The molecular weight excluding hydrogens is 490 g/mol. The van der Waals surface area contributed by atoms with E-state index in [4.69, 9.17) is 9.72 Å². The average molecular weight is 516 g/mol. The molecule has 4 aromatic carbocycles. The third kappa shape index (κ3) is 5.54. The van der Waals surface area contributed by atoms with Crippen molar-refractivity contribution in [2.45, 2.75) is 11.4 Å². The second kappa shape index (κ2) is 11.6. The number of rotatable bonds is 8. The molecule has 5 rings (SSSR count). The molecule has 0 aliphatic heterocycles. The zero-order valence-corrected chi connectivity index (χ0v) is 21.7. The molecule has 1 aromatic heterocycles. The van der Waals surface area contributed by atoms with Gasteiger partial charge in [0.15, 0.2) is 0 Å². The van der Waals surface area contributed by atoms with Gasteiger partial charge in [-0.05, 0) is 35.2 Å². The van der Waals surface area contributed by atoms with E-state index >= 15 is 0 Å². The van der Waals surface area contributed by atoms with Crippen molar-refractivity contribution in [2.75, 3.05) is 18.2 Å². The molecule has 5 aromatic rings. The van der Waals surface area contributed by atoms with Gasteiger partial charge in [0.25, 0.3) is 0 Å². The lowest BCUT2D eigenvalue weighted by Crippen LogP contribution is -2.12. The summed E-state index contributed by atoms with van der Waals surface area (Å²) in [7, 11) is 1.63. The highest BCUT2D eigenvalue weighted by Gasteiger charge is 2.17. The minimum Gasteiger partial charge on any atom is -0.497 e. The molecule has 5 nitrogen and oxygen atoms in total. The lowest BCUT2D eigenvalue weighted by molar-refractivity contribution is -0.115. The summed E-state index contributed by atoms with van der Waals surface area (Å²) in [4.78, 5) is 17.7. The molecule has 0 saturated heterocycles. The SMILES string of the molecule is COc1ccc(-c2cc(-c3ccccc3)nc(SCCC(=O)Nc3cccc4ccccc34)c2C#N)cc1. The fraction of sp³-hybridized carbons (Fsp3) is 0.0938. The number of hydrogen-bond acceptors (Lipinski definition) is 5. The number of methoxy groups -OCH3 is 1. The largest absolute Gasteiger partial charge is 0.497 e. The third-order valence-electron chi connectivity index (χ3n) is 6.20. The van der Waals surface area contributed by atoms with Crippen LogP contribution in [0.1, 0.15) is 12.0 Å². The van der Waals surface area contributed by atoms with E-state index in [1.54, 1.807) is 7.11 Å². The second-order valence-corrected chi connectivity index (χ2v) is 9.70. The fourth-order valence-electron chi connectivity index (χ4n) is 4.28. The topological polar surface area (TPSA) is 75.0 Å². The Morgan fingerprint density at radius 3 is 2.42 bits per heavy atom. The van der Waals surface area contributed by atoms with Crippen LogP contribution in [0.15, 0.2) is 108 Å². The van der Waals surface area contributed by atoms with Crippen molar-refractivity contribution in [3.8, 4) is 34.2 Å². The van der Waals surface area contributed by atoms with Crippen LogP contribution in [0.4, 0.5) is 5.69 Å². The summed E-state index contributed by atoms with van der Waals surface area (Å²) in [6.07, 6.45) is 0.286. The van der Waals surface area contributed by atoms with Crippen molar-refractivity contribution in [2.24, 2.45) is 0 Å². The number of carbonyl (C=O) groups is 1. The maximum atomic E-state index is 12.8. The number of carbonyl (C=O) groups excluding carboxylic acids is 1. The molecule has 0 fully saturated rings. The molecule has 0 aliphatic rings. The molecule has 0 aliphatic carbocycles. The number of pyridine rings is 1. The molecule has 1 amide bonds. The van der Waals surface area contributed by atoms with Crippen molar-refractivity contribution >= 4 is 34.1 Å². The fourth-order valence-corrected chi connectivity index (χ4v) is 5.22. The number of nitrogens with one attached hydrogen (secondary N) is 1. The van der Waals surface area contributed by atoms with Crippen molar-refractivity contribution in [3.63, 3.8) is 0 Å². The van der Waals surface area contributed by atoms with Gasteiger partial charge in [-0.15, -0.1) is 11.8 Å². The zero-order valence-electron chi connectivity index (χ0n) is 20.8. The monoisotopic (exact) mass is 515 g/mol. The summed E-state index contributed by atoms with van der Waals surface area (Å²) in [5.74, 6) is 1.15. The number of anilines is 1. The van der Waals surface area contributed by atoms with Crippen LogP contribution >= 0.6 is 11.8 Å². The standard InChI is InChI=1S/C32H25N3O2S/c1-37-25-16-14-23(15-17-25)27-20-30(24-9-3-2-4-10-24)35-32(28(27)21-33)38-19-18-31(36)34-29-13-7-11-22-8-5-6-12-26(22)29/h2-17,20H,18-19H2,1H3,(H,34,36). The van der Waals surface area contributed by atoms with Gasteiger partial charge in [-0.2, -0.15) is 5.26 Å². The lowest BCUT2D eigenvalue weighted by Gasteiger charge is -2.13. The molecule has 1 heterocycles. The molecule has 186 valence electrons. The van der Waals surface area contributed by atoms with Crippen LogP contribution < -0.4 is 10.1 Å². The van der Waals surface area contributed by atoms with E-state index in [1.807, 2.05) is 103 Å². The third-order valence-corrected chi connectivity index (χ3v) is 7.18. The number of fused-ring (bicyclic) bond motifs is 1. The maximum absolute atomic E-state index is 12.8. The summed E-state index contributed by atoms with van der Waals surface area (Å²) < 4.78 is 5.30. The van der Waals surface area contributed by atoms with Crippen LogP contribution in [0, 0.1) is 11.3 Å². The quantitative estimate of drug-likeness (QED) is 0.216. The predicted octanol–water partition coefficient (Wildman–Crippen LogP) is 7.57. The van der Waals surface area contributed by atoms with E-state index in [0.29, 0.717) is 16.3 Å². The van der Waals surface area contributed by atoms with Gasteiger partial charge in [-0.1, -0.05) is 78.9 Å². The number of thioether (sulfide) groups is 1. The summed E-state index contributed by atoms with van der Waals surface area (Å²) in [6.45, 7) is 0. The number of benzene rings is 4. The van der Waals surface area contributed by atoms with Crippen LogP contribution in [-0.4, -0.2) is 23.8 Å². The van der Waals surface area contributed by atoms with Gasteiger partial charge in [-0.25, -0.2) is 4.98 Å². The highest BCUT2D eigenvalue weighted by atomic mass is 32.2. The van der Waals surface area contributed by atoms with Crippen molar-refractivity contribution in [1.29, 1.82) is 5.26 Å². The Labute approximate surface area is 226 Å². The number of aromatic nitrogens is 1. The minimum absolute atomic E-state index is 0.0815. The molecule has 0 bridgehead atoms. The first kappa shape index (κ1) is 25.1. The average Bonchev–Trinajstić information content (AvgIpc) is 2.97. The Kier molecular flexibility index (Phi) is 7.67. The maximum Gasteiger partial charge on any atom is 0.225 e. The summed E-state index contributed by atoms with van der Waals surface area (Å²) in [5, 5.41) is 15.8. The number of amides is 1. The lowest BCUT2D eigenvalue weighted by atomic mass is 9.99. The second-order valence-electron chi connectivity index (χ2n) is 8.61. The van der Waals surface area contributed by atoms with Crippen LogP contribution in [-0.2, 0) is 4.79 Å². The normalized spacial score (nSPS) is 10.6. The van der Waals surface area contributed by atoms with E-state index in [2.05, 4.69) is 11.4 Å². The van der Waals surface area contributed by atoms with Crippen LogP contribution in [0.3, 0.4) is 0 Å². The van der Waals surface area contributed by atoms with Crippen molar-refractivity contribution < 1.29 is 9.53 Å². The van der Waals surface area contributed by atoms with Gasteiger partial charge in [0.1, 0.15) is 16.8 Å². The minimum atomic E-state index is -0.0815. The smallest absolute Gasteiger partial charge is 0.225 e. The summed E-state index contributed by atoms with van der Waals surface area (Å²) >= 11 is 1.42. The van der Waals surface area contributed by atoms with Gasteiger partial charge in [0, 0.05) is 34.4 Å². The Morgan fingerprint density at radius 2 is 1.66 bits per heavy atom. The first-order chi connectivity index (χ1) is 18.7. The van der Waals surface area contributed by atoms with E-state index < -0.39 is 0 Å². The van der Waals surface area contributed by atoms with Gasteiger partial charge in [-0.3, -0.25) is 4.79 Å². The molecule has 0 radical (unpaired) electrons. The molecule has 38 heavy (non-hydrogen) atoms. The predicted molar refractivity (Wildman–Crippen MR) is 154 cm³/mol. The Balaban J connectivity index is 1.40. The summed E-state index contributed by atoms with van der Waals surface area (Å²) in [6, 6.07) is 35.7. The van der Waals surface area contributed by atoms with Crippen molar-refractivity contribution in [1.82, 2.24) is 4.98 Å². The Morgan fingerprint density at radius 1 is 0.921 bits per heavy atom. The Hall–Kier alpha value is -4.60. The zero-order chi connectivity index (χ0) is 26.3. The molecule has 0 saturated carbocycles. The van der Waals surface area contributed by atoms with Crippen LogP contribution in [0.25, 0.3) is 33.2 Å². The Bertz CT molecular complexity index is 1620. The first-order valence-electron chi connectivity index (χ1n) is 12.2. The van der Waals surface area contributed by atoms with E-state index in [0.717, 1.165) is 44.6 Å². The molecular formula is C32H25N3O2S. The van der Waals surface area contributed by atoms with Gasteiger partial charge >= 0.3 is 0 Å². The molecule has 6 heteroatoms. The van der Waals surface area contributed by atoms with E-state index in [-0.39, 0.29) is 12.3 Å². The molecule has 1 N–H and O–H groups in total. The van der Waals surface area contributed by atoms with Crippen LogP contribution in [0.5, 0.6) is 5.75 Å². The van der Waals surface area contributed by atoms with Crippen LogP contribution in [0.2, 0.25) is 0 Å². The van der Waals surface area contributed by atoms with E-state index in [1.165, 1.54) is 11.8 Å². The highest BCUT2D eigenvalue weighted by molar-refractivity contribution is 7.99. The number of nitriles is 1. The van der Waals surface area contributed by atoms with Gasteiger partial charge in [0.2, 0.25) is 5.91 Å². The van der Waals surface area contributed by atoms with Gasteiger partial charge < -0.3 is 10.1 Å². The molecule has 0 atom stereocenters. The number of hydrogen-bond donors (Lipinski definition) is 1. The molecule has 0 spiro atoms. The van der Waals surface area contributed by atoms with Crippen molar-refractivity contribution in [3.05, 3.63) is 109 Å². The van der Waals surface area contributed by atoms with E-state index in [9.17, 15) is 10.1 Å².